The van der Waals surface area contributed by atoms with Gasteiger partial charge in [0.15, 0.2) is 5.78 Å². The standard InChI is InChI=1S/C51H70N8O10/c1-29(53-45(67)49(5,6)59-42(63)38(55-44(66)48(3,4)52)28-32-22-23-33-16-14-15-19-36(33)26-32)40(61)57-51(9,10)47(69)56-37(41(62)58-50(7,8)46(68)54-30(2)43(64)65)27-31-20-24-35(25-21-31)39(60)34-17-12-11-13-18-34/h11-26,29-30,37-38,45-47,53-54,56,67-69H,27-28,52H2,1-10H3,(H,55,66)(H,57,61)(H,58,62)(H,59,63)(H,64,65). The molecule has 18 heteroatoms. The van der Waals surface area contributed by atoms with Crippen LogP contribution in [0.2, 0.25) is 0 Å². The number of aliphatic hydroxyl groups excluding tert-OH is 3. The minimum Gasteiger partial charge on any atom is -0.480 e. The fourth-order valence-corrected chi connectivity index (χ4v) is 7.04. The normalized spacial score (nSPS) is 15.4. The summed E-state index contributed by atoms with van der Waals surface area (Å²) in [6.45, 7) is 14.9. The second kappa shape index (κ2) is 23.0. The number of amides is 4. The second-order valence-electron chi connectivity index (χ2n) is 19.9. The Morgan fingerprint density at radius 1 is 0.522 bits per heavy atom. The molecule has 4 aromatic rings. The van der Waals surface area contributed by atoms with E-state index in [0.29, 0.717) is 16.7 Å². The minimum atomic E-state index is -1.60. The predicted molar refractivity (Wildman–Crippen MR) is 262 cm³/mol. The number of nitrogens with two attached hydrogens (primary N) is 1. The van der Waals surface area contributed by atoms with Crippen molar-refractivity contribution in [2.75, 3.05) is 0 Å². The molecule has 374 valence electrons. The second-order valence-corrected chi connectivity index (χ2v) is 19.9. The first kappa shape index (κ1) is 55.5. The molecule has 4 aromatic carbocycles. The van der Waals surface area contributed by atoms with E-state index in [-0.39, 0.29) is 18.6 Å². The van der Waals surface area contributed by atoms with Gasteiger partial charge >= 0.3 is 5.97 Å². The number of fused-ring (bicyclic) bond motifs is 1. The Balaban J connectivity index is 1.47. The highest BCUT2D eigenvalue weighted by Crippen LogP contribution is 2.20. The van der Waals surface area contributed by atoms with Crippen LogP contribution in [-0.4, -0.2) is 121 Å². The Morgan fingerprint density at radius 3 is 1.49 bits per heavy atom. The number of aliphatic carboxylic acids is 1. The average Bonchev–Trinajstić information content (AvgIpc) is 3.27. The number of benzene rings is 4. The van der Waals surface area contributed by atoms with Crippen molar-refractivity contribution in [1.82, 2.24) is 37.2 Å². The van der Waals surface area contributed by atoms with Crippen molar-refractivity contribution < 1.29 is 49.2 Å². The van der Waals surface area contributed by atoms with Gasteiger partial charge in [-0.15, -0.1) is 0 Å². The predicted octanol–water partition coefficient (Wildman–Crippen LogP) is 1.72. The maximum Gasteiger partial charge on any atom is 0.320 e. The highest BCUT2D eigenvalue weighted by atomic mass is 16.4. The molecule has 0 heterocycles. The number of hydrogen-bond donors (Lipinski definition) is 12. The number of carboxylic acids is 1. The molecule has 18 nitrogen and oxygen atoms in total. The van der Waals surface area contributed by atoms with Gasteiger partial charge in [-0.1, -0.05) is 97.1 Å². The third-order valence-corrected chi connectivity index (χ3v) is 11.8. The van der Waals surface area contributed by atoms with Gasteiger partial charge in [-0.3, -0.25) is 44.7 Å². The zero-order valence-electron chi connectivity index (χ0n) is 41.0. The Morgan fingerprint density at radius 2 is 0.957 bits per heavy atom. The molecule has 0 spiro atoms. The van der Waals surface area contributed by atoms with Crippen LogP contribution in [0.15, 0.2) is 97.1 Å². The van der Waals surface area contributed by atoms with Crippen LogP contribution in [0.3, 0.4) is 0 Å². The van der Waals surface area contributed by atoms with Crippen LogP contribution < -0.4 is 43.0 Å². The van der Waals surface area contributed by atoms with Crippen molar-refractivity contribution in [2.24, 2.45) is 5.73 Å². The van der Waals surface area contributed by atoms with Crippen LogP contribution in [0.5, 0.6) is 0 Å². The van der Waals surface area contributed by atoms with Crippen LogP contribution in [0, 0.1) is 0 Å². The summed E-state index contributed by atoms with van der Waals surface area (Å²) in [5.41, 5.74) is 2.70. The molecule has 0 saturated heterocycles. The van der Waals surface area contributed by atoms with E-state index in [1.807, 2.05) is 42.5 Å². The average molecular weight is 955 g/mol. The van der Waals surface area contributed by atoms with E-state index < -0.39 is 94.6 Å². The third kappa shape index (κ3) is 15.7. The van der Waals surface area contributed by atoms with E-state index >= 15 is 0 Å². The summed E-state index contributed by atoms with van der Waals surface area (Å²) in [4.78, 5) is 79.2. The molecule has 4 amide bonds. The van der Waals surface area contributed by atoms with Gasteiger partial charge in [-0.25, -0.2) is 0 Å². The van der Waals surface area contributed by atoms with E-state index in [1.165, 1.54) is 69.2 Å². The molecule has 0 aromatic heterocycles. The Labute approximate surface area is 403 Å². The number of nitrogens with one attached hydrogen (secondary N) is 7. The molecule has 0 bridgehead atoms. The number of carbonyl (C=O) groups is 6. The molecule has 0 aliphatic heterocycles. The van der Waals surface area contributed by atoms with Crippen LogP contribution in [0.1, 0.15) is 96.3 Å². The lowest BCUT2D eigenvalue weighted by Crippen LogP contribution is -2.67. The van der Waals surface area contributed by atoms with Gasteiger partial charge < -0.3 is 47.4 Å². The van der Waals surface area contributed by atoms with E-state index in [4.69, 9.17) is 5.73 Å². The topological polar surface area (TPSA) is 294 Å². The van der Waals surface area contributed by atoms with E-state index in [0.717, 1.165) is 16.3 Å². The lowest BCUT2D eigenvalue weighted by atomic mass is 9.96. The molecule has 7 atom stereocenters. The third-order valence-electron chi connectivity index (χ3n) is 11.8. The van der Waals surface area contributed by atoms with E-state index in [1.54, 1.807) is 54.6 Å². The molecule has 0 saturated carbocycles. The van der Waals surface area contributed by atoms with Gasteiger partial charge in [0.05, 0.1) is 34.2 Å². The van der Waals surface area contributed by atoms with Crippen LogP contribution in [-0.2, 0) is 36.8 Å². The number of rotatable bonds is 24. The number of ketones is 1. The Hall–Kier alpha value is -6.12. The number of carboxylic acid groups (broad SMARTS) is 1. The monoisotopic (exact) mass is 955 g/mol. The van der Waals surface area contributed by atoms with Crippen molar-refractivity contribution in [3.63, 3.8) is 0 Å². The lowest BCUT2D eigenvalue weighted by Gasteiger charge is -2.38. The van der Waals surface area contributed by atoms with Gasteiger partial charge in [-0.05, 0) is 97.6 Å². The summed E-state index contributed by atoms with van der Waals surface area (Å²) >= 11 is 0. The molecule has 69 heavy (non-hydrogen) atoms. The molecular formula is C51H70N8O10. The molecule has 0 aliphatic carbocycles. The number of carbonyl (C=O) groups excluding carboxylic acids is 5. The first-order valence-electron chi connectivity index (χ1n) is 22.8. The van der Waals surface area contributed by atoms with Gasteiger partial charge in [0.25, 0.3) is 0 Å². The van der Waals surface area contributed by atoms with Crippen LogP contribution in [0.4, 0.5) is 0 Å². The van der Waals surface area contributed by atoms with Gasteiger partial charge in [0, 0.05) is 17.5 Å². The molecular weight excluding hydrogens is 885 g/mol. The largest absolute Gasteiger partial charge is 0.480 e. The minimum absolute atomic E-state index is 0.0421. The SMILES string of the molecule is CC(NC(O)C(C)(C)NC(=O)C(Cc1ccc(C(=O)c2ccccc2)cc1)NC(O)C(C)(C)NC(=O)C(C)NC(O)C(C)(C)NC(=O)C(Cc1ccc2ccccc2c1)NC(=O)C(C)(C)N)C(=O)O. The van der Waals surface area contributed by atoms with Crippen molar-refractivity contribution in [3.8, 4) is 0 Å². The number of aliphatic hydroxyl groups is 3. The van der Waals surface area contributed by atoms with Gasteiger partial charge in [0.2, 0.25) is 23.6 Å². The first-order valence-corrected chi connectivity index (χ1v) is 22.8. The van der Waals surface area contributed by atoms with E-state index in [2.05, 4.69) is 37.2 Å². The summed E-state index contributed by atoms with van der Waals surface area (Å²) in [5.74, 6) is -3.96. The fraction of sp³-hybridized carbons (Fsp3) is 0.451. The molecule has 7 unspecified atom stereocenters. The van der Waals surface area contributed by atoms with E-state index in [9.17, 15) is 49.2 Å². The maximum atomic E-state index is 14.0. The highest BCUT2D eigenvalue weighted by Gasteiger charge is 2.40. The smallest absolute Gasteiger partial charge is 0.320 e. The Kier molecular flexibility index (Phi) is 18.5. The maximum absolute atomic E-state index is 14.0. The van der Waals surface area contributed by atoms with Gasteiger partial charge in [0.1, 0.15) is 30.8 Å². The molecule has 4 rings (SSSR count). The zero-order valence-corrected chi connectivity index (χ0v) is 41.0. The fourth-order valence-electron chi connectivity index (χ4n) is 7.04. The summed E-state index contributed by atoms with van der Waals surface area (Å²) < 4.78 is 0. The summed E-state index contributed by atoms with van der Waals surface area (Å²) in [6.07, 6.45) is -4.57. The van der Waals surface area contributed by atoms with Crippen molar-refractivity contribution in [3.05, 3.63) is 119 Å². The Bertz CT molecular complexity index is 2440. The van der Waals surface area contributed by atoms with Crippen molar-refractivity contribution >= 4 is 46.2 Å². The highest BCUT2D eigenvalue weighted by molar-refractivity contribution is 6.09. The van der Waals surface area contributed by atoms with Gasteiger partial charge in [-0.2, -0.15) is 0 Å². The molecule has 0 aliphatic rings. The first-order chi connectivity index (χ1) is 32.0. The summed E-state index contributed by atoms with van der Waals surface area (Å²) in [6, 6.07) is 24.1. The molecule has 13 N–H and O–H groups in total. The van der Waals surface area contributed by atoms with Crippen LogP contribution >= 0.6 is 0 Å². The molecule has 0 radical (unpaired) electrons. The van der Waals surface area contributed by atoms with Crippen LogP contribution in [0.25, 0.3) is 10.8 Å². The quantitative estimate of drug-likeness (QED) is 0.0352. The lowest BCUT2D eigenvalue weighted by molar-refractivity contribution is -0.140. The number of hydrogen-bond acceptors (Lipinski definition) is 13. The molecule has 0 fully saturated rings. The summed E-state index contributed by atoms with van der Waals surface area (Å²) in [5, 5.41) is 64.4. The van der Waals surface area contributed by atoms with Crippen molar-refractivity contribution in [1.29, 1.82) is 0 Å². The summed E-state index contributed by atoms with van der Waals surface area (Å²) in [7, 11) is 0. The van der Waals surface area contributed by atoms with Crippen molar-refractivity contribution in [2.45, 2.75) is 147 Å². The zero-order chi connectivity index (χ0) is 51.6.